The number of hydrogen-bond donors (Lipinski definition) is 2. The summed E-state index contributed by atoms with van der Waals surface area (Å²) < 4.78 is 0. The molecule has 2 atom stereocenters. The van der Waals surface area contributed by atoms with Crippen LogP contribution < -0.4 is 10.6 Å². The highest BCUT2D eigenvalue weighted by atomic mass is 16.2. The summed E-state index contributed by atoms with van der Waals surface area (Å²) in [6.45, 7) is 4.79. The van der Waals surface area contributed by atoms with Crippen molar-refractivity contribution in [1.82, 2.24) is 15.5 Å². The molecule has 2 N–H and O–H groups in total. The topological polar surface area (TPSA) is 78.5 Å². The molecular weight excluding hydrogens is 294 g/mol. The molecule has 2 fully saturated rings. The minimum atomic E-state index is -0.755. The molecular formula is C17H21N3O3. The normalized spacial score (nSPS) is 23.8. The molecule has 23 heavy (non-hydrogen) atoms. The number of nitrogens with one attached hydrogen (secondary N) is 2. The molecule has 0 spiro atoms. The molecule has 0 saturated carbocycles. The van der Waals surface area contributed by atoms with Gasteiger partial charge in [-0.3, -0.25) is 14.9 Å². The molecule has 3 rings (SSSR count). The van der Waals surface area contributed by atoms with Gasteiger partial charge in [-0.25, -0.2) is 4.79 Å². The van der Waals surface area contributed by atoms with Crippen molar-refractivity contribution in [3.05, 3.63) is 34.9 Å². The lowest BCUT2D eigenvalue weighted by molar-refractivity contribution is -0.134. The van der Waals surface area contributed by atoms with Crippen LogP contribution in [0.4, 0.5) is 4.79 Å². The van der Waals surface area contributed by atoms with Crippen molar-refractivity contribution in [2.24, 2.45) is 0 Å². The standard InChI is InChI=1S/C17H21N3O3/c1-10-5-6-11(2)12(8-10)14-4-3-7-20(14)15(21)9-13-16(22)19-17(23)18-13/h5-6,8,13-14H,3-4,7,9H2,1-2H3,(H2,18,19,22,23)/t13-,14?/m0/s1. The molecule has 2 aliphatic heterocycles. The maximum absolute atomic E-state index is 12.6. The number of carbonyl (C=O) groups is 3. The van der Waals surface area contributed by atoms with Gasteiger partial charge in [0.25, 0.3) is 5.91 Å². The van der Waals surface area contributed by atoms with Gasteiger partial charge in [0.15, 0.2) is 0 Å². The molecule has 0 aromatic heterocycles. The average molecular weight is 315 g/mol. The summed E-state index contributed by atoms with van der Waals surface area (Å²) in [7, 11) is 0. The quantitative estimate of drug-likeness (QED) is 0.831. The van der Waals surface area contributed by atoms with E-state index in [-0.39, 0.29) is 18.4 Å². The van der Waals surface area contributed by atoms with Crippen LogP contribution in [0, 0.1) is 13.8 Å². The molecule has 6 heteroatoms. The molecule has 122 valence electrons. The van der Waals surface area contributed by atoms with Gasteiger partial charge in [-0.2, -0.15) is 0 Å². The predicted octanol–water partition coefficient (Wildman–Crippen LogP) is 1.57. The SMILES string of the molecule is Cc1ccc(C)c(C2CCCN2C(=O)C[C@@H]2NC(=O)NC2=O)c1. The van der Waals surface area contributed by atoms with E-state index < -0.39 is 18.0 Å². The fourth-order valence-corrected chi connectivity index (χ4v) is 3.40. The Kier molecular flexibility index (Phi) is 4.07. The van der Waals surface area contributed by atoms with Gasteiger partial charge in [0.1, 0.15) is 6.04 Å². The van der Waals surface area contributed by atoms with Crippen molar-refractivity contribution in [2.75, 3.05) is 6.54 Å². The number of carbonyl (C=O) groups excluding carboxylic acids is 3. The molecule has 0 bridgehead atoms. The van der Waals surface area contributed by atoms with Crippen LogP contribution in [0.15, 0.2) is 18.2 Å². The van der Waals surface area contributed by atoms with E-state index in [4.69, 9.17) is 0 Å². The molecule has 2 heterocycles. The van der Waals surface area contributed by atoms with Crippen LogP contribution in [0.3, 0.4) is 0 Å². The van der Waals surface area contributed by atoms with E-state index in [2.05, 4.69) is 35.8 Å². The van der Waals surface area contributed by atoms with E-state index in [9.17, 15) is 14.4 Å². The van der Waals surface area contributed by atoms with Crippen LogP contribution in [-0.4, -0.2) is 35.3 Å². The number of hydrogen-bond acceptors (Lipinski definition) is 3. The number of likely N-dealkylation sites (tertiary alicyclic amines) is 1. The second kappa shape index (κ2) is 6.02. The number of benzene rings is 1. The molecule has 2 saturated heterocycles. The Morgan fingerprint density at radius 1 is 1.30 bits per heavy atom. The summed E-state index contributed by atoms with van der Waals surface area (Å²) in [5, 5.41) is 4.65. The highest BCUT2D eigenvalue weighted by molar-refractivity contribution is 6.05. The van der Waals surface area contributed by atoms with E-state index in [1.807, 2.05) is 11.8 Å². The van der Waals surface area contributed by atoms with Gasteiger partial charge in [-0.1, -0.05) is 23.8 Å². The Morgan fingerprint density at radius 2 is 2.09 bits per heavy atom. The highest BCUT2D eigenvalue weighted by Gasteiger charge is 2.36. The lowest BCUT2D eigenvalue weighted by atomic mass is 9.97. The van der Waals surface area contributed by atoms with E-state index in [1.165, 1.54) is 16.7 Å². The molecule has 2 aliphatic rings. The predicted molar refractivity (Wildman–Crippen MR) is 84.7 cm³/mol. The summed E-state index contributed by atoms with van der Waals surface area (Å²) in [5.74, 6) is -0.512. The van der Waals surface area contributed by atoms with Gasteiger partial charge < -0.3 is 10.2 Å². The summed E-state index contributed by atoms with van der Waals surface area (Å²) in [4.78, 5) is 37.3. The van der Waals surface area contributed by atoms with Crippen LogP contribution in [-0.2, 0) is 9.59 Å². The Morgan fingerprint density at radius 3 is 2.78 bits per heavy atom. The molecule has 0 radical (unpaired) electrons. The van der Waals surface area contributed by atoms with Crippen LogP contribution in [0.25, 0.3) is 0 Å². The van der Waals surface area contributed by atoms with Gasteiger partial charge in [0.2, 0.25) is 5.91 Å². The first kappa shape index (κ1) is 15.5. The number of urea groups is 1. The van der Waals surface area contributed by atoms with Crippen molar-refractivity contribution in [3.63, 3.8) is 0 Å². The Balaban J connectivity index is 1.76. The van der Waals surface area contributed by atoms with Crippen molar-refractivity contribution in [2.45, 2.75) is 45.2 Å². The fraction of sp³-hybridized carbons (Fsp3) is 0.471. The molecule has 4 amide bonds. The van der Waals surface area contributed by atoms with Gasteiger partial charge >= 0.3 is 6.03 Å². The third kappa shape index (κ3) is 3.06. The zero-order chi connectivity index (χ0) is 16.6. The van der Waals surface area contributed by atoms with Crippen molar-refractivity contribution >= 4 is 17.8 Å². The summed E-state index contributed by atoms with van der Waals surface area (Å²) in [5.41, 5.74) is 3.52. The molecule has 1 unspecified atom stereocenters. The maximum atomic E-state index is 12.6. The number of rotatable bonds is 3. The van der Waals surface area contributed by atoms with Crippen LogP contribution in [0.2, 0.25) is 0 Å². The molecule has 6 nitrogen and oxygen atoms in total. The first-order chi connectivity index (χ1) is 11.0. The lowest BCUT2D eigenvalue weighted by Gasteiger charge is -2.27. The molecule has 0 aliphatic carbocycles. The Hall–Kier alpha value is -2.37. The fourth-order valence-electron chi connectivity index (χ4n) is 3.40. The minimum absolute atomic E-state index is 0.0128. The monoisotopic (exact) mass is 315 g/mol. The van der Waals surface area contributed by atoms with Crippen molar-refractivity contribution in [3.8, 4) is 0 Å². The van der Waals surface area contributed by atoms with Gasteiger partial charge in [-0.05, 0) is 37.8 Å². The summed E-state index contributed by atoms with van der Waals surface area (Å²) in [6.07, 6.45) is 1.89. The van der Waals surface area contributed by atoms with E-state index >= 15 is 0 Å². The molecule has 1 aromatic rings. The number of nitrogens with zero attached hydrogens (tertiary/aromatic N) is 1. The van der Waals surface area contributed by atoms with Gasteiger partial charge in [-0.15, -0.1) is 0 Å². The van der Waals surface area contributed by atoms with Crippen LogP contribution in [0.1, 0.15) is 42.0 Å². The maximum Gasteiger partial charge on any atom is 0.322 e. The summed E-state index contributed by atoms with van der Waals surface area (Å²) >= 11 is 0. The number of aryl methyl sites for hydroxylation is 2. The van der Waals surface area contributed by atoms with Crippen LogP contribution >= 0.6 is 0 Å². The second-order valence-corrected chi connectivity index (χ2v) is 6.32. The van der Waals surface area contributed by atoms with Crippen molar-refractivity contribution in [1.29, 1.82) is 0 Å². The smallest absolute Gasteiger partial charge is 0.322 e. The van der Waals surface area contributed by atoms with E-state index in [0.29, 0.717) is 6.54 Å². The Bertz CT molecular complexity index is 671. The zero-order valence-corrected chi connectivity index (χ0v) is 13.4. The summed E-state index contributed by atoms with van der Waals surface area (Å²) in [6, 6.07) is 5.06. The number of imide groups is 1. The highest BCUT2D eigenvalue weighted by Crippen LogP contribution is 2.34. The Labute approximate surface area is 135 Å². The van der Waals surface area contributed by atoms with E-state index in [1.54, 1.807) is 0 Å². The molecule has 1 aromatic carbocycles. The second-order valence-electron chi connectivity index (χ2n) is 6.32. The largest absolute Gasteiger partial charge is 0.336 e. The lowest BCUT2D eigenvalue weighted by Crippen LogP contribution is -2.38. The van der Waals surface area contributed by atoms with Gasteiger partial charge in [0, 0.05) is 6.54 Å². The van der Waals surface area contributed by atoms with Gasteiger partial charge in [0.05, 0.1) is 12.5 Å². The minimum Gasteiger partial charge on any atom is -0.336 e. The number of amides is 4. The van der Waals surface area contributed by atoms with Crippen molar-refractivity contribution < 1.29 is 14.4 Å². The zero-order valence-electron chi connectivity index (χ0n) is 13.4. The third-order valence-electron chi connectivity index (χ3n) is 4.60. The van der Waals surface area contributed by atoms with Crippen LogP contribution in [0.5, 0.6) is 0 Å². The third-order valence-corrected chi connectivity index (χ3v) is 4.60. The van der Waals surface area contributed by atoms with E-state index in [0.717, 1.165) is 12.8 Å². The average Bonchev–Trinajstić information content (AvgIpc) is 3.08. The first-order valence-corrected chi connectivity index (χ1v) is 7.93. The first-order valence-electron chi connectivity index (χ1n) is 7.93.